The van der Waals surface area contributed by atoms with E-state index in [0.717, 1.165) is 0 Å². The minimum atomic E-state index is -5.44. The van der Waals surface area contributed by atoms with Crippen LogP contribution in [0.3, 0.4) is 0 Å². The first-order chi connectivity index (χ1) is 13.4. The van der Waals surface area contributed by atoms with Gasteiger partial charge in [-0.15, -0.1) is 0 Å². The molecule has 1 rings (SSSR count). The molecule has 0 aromatic carbocycles. The number of ether oxygens (including phenoxy) is 1. The van der Waals surface area contributed by atoms with Gasteiger partial charge in [-0.25, -0.2) is 22.8 Å². The van der Waals surface area contributed by atoms with Crippen LogP contribution in [-0.2, 0) is 45.2 Å². The molecule has 0 amide bonds. The topological polar surface area (TPSA) is 354 Å². The van der Waals surface area contributed by atoms with E-state index in [9.17, 15) is 27.9 Å². The Balaban J connectivity index is 0.000000842. The van der Waals surface area contributed by atoms with Gasteiger partial charge in [0.05, 0.1) is 6.61 Å². The maximum absolute atomic E-state index is 11.3. The standard InChI is InChI=1S/C5H13O14P3.H4O7P2/c6-1-2-3(7)4(17-20(8,9)10)5(16-2)18-22(14,15)19-21(11,12)13;1-8(2,3)7-9(4,5)6/h2-7H,1H2,(H,14,15)(H2,8,9,10)(H2,11,12,13);(H2,1,2,3)(H2,4,5,6)/t2-,3-,4-,5?;/m1./s1. The zero-order valence-electron chi connectivity index (χ0n) is 14.3. The number of phosphoric ester groups is 2. The average molecular weight is 568 g/mol. The Kier molecular flexibility index (Phi) is 11.5. The highest BCUT2D eigenvalue weighted by atomic mass is 31.3. The van der Waals surface area contributed by atoms with Crippen molar-refractivity contribution in [3.8, 4) is 0 Å². The van der Waals surface area contributed by atoms with Crippen LogP contribution in [0.4, 0.5) is 0 Å². The van der Waals surface area contributed by atoms with Crippen LogP contribution in [0.25, 0.3) is 0 Å². The van der Waals surface area contributed by atoms with E-state index in [1.807, 2.05) is 0 Å². The normalized spacial score (nSPS) is 27.3. The highest BCUT2D eigenvalue weighted by Gasteiger charge is 2.51. The van der Waals surface area contributed by atoms with Gasteiger partial charge >= 0.3 is 39.1 Å². The number of hydrogen-bond donors (Lipinski definition) is 11. The largest absolute Gasteiger partial charge is 0.483 e. The van der Waals surface area contributed by atoms with Crippen LogP contribution in [0.15, 0.2) is 0 Å². The molecular formula is C5H17O21P5. The highest BCUT2D eigenvalue weighted by Crippen LogP contribution is 2.59. The molecule has 1 aliphatic rings. The molecule has 0 spiro atoms. The summed E-state index contributed by atoms with van der Waals surface area (Å²) in [6.07, 6.45) is -7.59. The Morgan fingerprint density at radius 2 is 1.10 bits per heavy atom. The third-order valence-corrected chi connectivity index (χ3v) is 6.76. The number of aliphatic hydroxyl groups is 2. The first-order valence-electron chi connectivity index (χ1n) is 6.73. The molecular weight excluding hydrogens is 551 g/mol. The lowest BCUT2D eigenvalue weighted by molar-refractivity contribution is -0.123. The third-order valence-electron chi connectivity index (χ3n) is 2.39. The molecule has 26 heteroatoms. The number of aliphatic hydroxyl groups excluding tert-OH is 2. The van der Waals surface area contributed by atoms with Gasteiger partial charge in [0.15, 0.2) is 6.29 Å². The highest BCUT2D eigenvalue weighted by molar-refractivity contribution is 7.61. The number of hydrogen-bond acceptors (Lipinski definition) is 12. The minimum Gasteiger partial charge on any atom is -0.394 e. The molecule has 0 aromatic heterocycles. The smallest absolute Gasteiger partial charge is 0.394 e. The van der Waals surface area contributed by atoms with E-state index < -0.39 is 70.3 Å². The van der Waals surface area contributed by atoms with E-state index in [-0.39, 0.29) is 0 Å². The molecule has 11 N–H and O–H groups in total. The van der Waals surface area contributed by atoms with Crippen molar-refractivity contribution in [1.29, 1.82) is 0 Å². The maximum Gasteiger partial charge on any atom is 0.483 e. The molecule has 5 atom stereocenters. The lowest BCUT2D eigenvalue weighted by Gasteiger charge is -2.22. The number of rotatable bonds is 9. The van der Waals surface area contributed by atoms with Gasteiger partial charge in [-0.2, -0.15) is 8.62 Å². The second-order valence-corrected chi connectivity index (χ2v) is 11.6. The van der Waals surface area contributed by atoms with Gasteiger partial charge in [-0.05, 0) is 0 Å². The molecule has 188 valence electrons. The summed E-state index contributed by atoms with van der Waals surface area (Å²) in [6, 6.07) is 0. The van der Waals surface area contributed by atoms with Crippen LogP contribution in [0.1, 0.15) is 0 Å². The van der Waals surface area contributed by atoms with Crippen LogP contribution in [0.5, 0.6) is 0 Å². The molecule has 1 heterocycles. The monoisotopic (exact) mass is 568 g/mol. The lowest BCUT2D eigenvalue weighted by Crippen LogP contribution is -2.36. The first-order valence-corrected chi connectivity index (χ1v) is 14.4. The summed E-state index contributed by atoms with van der Waals surface area (Å²) in [4.78, 5) is 74.3. The molecule has 1 saturated heterocycles. The zero-order chi connectivity index (χ0) is 25.1. The van der Waals surface area contributed by atoms with Crippen molar-refractivity contribution < 1.29 is 99.5 Å². The van der Waals surface area contributed by atoms with Crippen molar-refractivity contribution in [2.75, 3.05) is 6.61 Å². The summed E-state index contributed by atoms with van der Waals surface area (Å²) in [6.45, 7) is -0.878. The van der Waals surface area contributed by atoms with Crippen LogP contribution < -0.4 is 0 Å². The van der Waals surface area contributed by atoms with Crippen molar-refractivity contribution in [2.24, 2.45) is 0 Å². The predicted molar refractivity (Wildman–Crippen MR) is 87.9 cm³/mol. The van der Waals surface area contributed by atoms with Crippen LogP contribution >= 0.6 is 39.1 Å². The molecule has 21 nitrogen and oxygen atoms in total. The number of phosphoric acid groups is 5. The maximum atomic E-state index is 11.3. The van der Waals surface area contributed by atoms with Crippen molar-refractivity contribution in [2.45, 2.75) is 24.6 Å². The van der Waals surface area contributed by atoms with Crippen molar-refractivity contribution in [1.82, 2.24) is 0 Å². The van der Waals surface area contributed by atoms with Crippen LogP contribution in [0, 0.1) is 0 Å². The molecule has 0 saturated carbocycles. The quantitative estimate of drug-likeness (QED) is 0.123. The fourth-order valence-electron chi connectivity index (χ4n) is 1.63. The second kappa shape index (κ2) is 11.3. The molecule has 0 bridgehead atoms. The Hall–Kier alpha value is 0.510. The predicted octanol–water partition coefficient (Wildman–Crippen LogP) is -3.04. The summed E-state index contributed by atoms with van der Waals surface area (Å²) in [7, 11) is -26.2. The van der Waals surface area contributed by atoms with Crippen molar-refractivity contribution in [3.63, 3.8) is 0 Å². The average Bonchev–Trinajstić information content (AvgIpc) is 2.67. The van der Waals surface area contributed by atoms with Crippen LogP contribution in [0.2, 0.25) is 0 Å². The molecule has 0 aliphatic carbocycles. The van der Waals surface area contributed by atoms with Gasteiger partial charge in [-0.3, -0.25) is 9.05 Å². The Bertz CT molecular complexity index is 792. The molecule has 0 radical (unpaired) electrons. The third kappa shape index (κ3) is 15.1. The summed E-state index contributed by atoms with van der Waals surface area (Å²) in [5.74, 6) is 0. The Labute approximate surface area is 170 Å². The minimum absolute atomic E-state index is 0.878. The molecule has 2 unspecified atom stereocenters. The van der Waals surface area contributed by atoms with Gasteiger partial charge in [0.2, 0.25) is 0 Å². The van der Waals surface area contributed by atoms with Gasteiger partial charge in [0, 0.05) is 0 Å². The Morgan fingerprint density at radius 3 is 1.39 bits per heavy atom. The van der Waals surface area contributed by atoms with Gasteiger partial charge < -0.3 is 59.0 Å². The molecule has 31 heavy (non-hydrogen) atoms. The molecule has 0 aromatic rings. The van der Waals surface area contributed by atoms with Gasteiger partial charge in [0.25, 0.3) is 0 Å². The summed E-state index contributed by atoms with van der Waals surface area (Å²) in [5, 5.41) is 18.5. The summed E-state index contributed by atoms with van der Waals surface area (Å²) >= 11 is 0. The van der Waals surface area contributed by atoms with Crippen LogP contribution in [-0.4, -0.2) is 85.5 Å². The van der Waals surface area contributed by atoms with E-state index >= 15 is 0 Å². The second-order valence-electron chi connectivity index (χ2n) is 4.99. The van der Waals surface area contributed by atoms with Gasteiger partial charge in [0.1, 0.15) is 18.3 Å². The van der Waals surface area contributed by atoms with E-state index in [0.29, 0.717) is 0 Å². The van der Waals surface area contributed by atoms with Crippen molar-refractivity contribution >= 4 is 39.1 Å². The first kappa shape index (κ1) is 31.5. The fraction of sp³-hybridized carbons (Fsp3) is 1.00. The van der Waals surface area contributed by atoms with E-state index in [2.05, 4.69) is 22.4 Å². The van der Waals surface area contributed by atoms with Gasteiger partial charge in [-0.1, -0.05) is 0 Å². The summed E-state index contributed by atoms with van der Waals surface area (Å²) < 4.78 is 71.2. The molecule has 1 fully saturated rings. The van der Waals surface area contributed by atoms with E-state index in [1.165, 1.54) is 0 Å². The summed E-state index contributed by atoms with van der Waals surface area (Å²) in [5.41, 5.74) is 0. The lowest BCUT2D eigenvalue weighted by atomic mass is 10.1. The van der Waals surface area contributed by atoms with Crippen molar-refractivity contribution in [3.05, 3.63) is 0 Å². The SMILES string of the molecule is O=P(O)(O)OP(=O)(O)O.O=P(O)(O)O[C@H]1C(OP(=O)(O)OP(=O)(O)O)O[C@H](CO)[C@H]1O. The van der Waals surface area contributed by atoms with E-state index in [4.69, 9.17) is 49.1 Å². The molecule has 1 aliphatic heterocycles. The van der Waals surface area contributed by atoms with E-state index in [1.54, 1.807) is 0 Å². The fourth-order valence-corrected chi connectivity index (χ4v) is 4.94. The zero-order valence-corrected chi connectivity index (χ0v) is 18.7. The Morgan fingerprint density at radius 1 is 0.677 bits per heavy atom.